The lowest BCUT2D eigenvalue weighted by atomic mass is 10.2. The van der Waals surface area contributed by atoms with Gasteiger partial charge in [-0.05, 0) is 81.0 Å². The third kappa shape index (κ3) is 4.61. The molecule has 3 heteroatoms. The van der Waals surface area contributed by atoms with Crippen molar-refractivity contribution in [3.8, 4) is 0 Å². The molecular weight excluding hydrogens is 300 g/mol. The first-order valence-corrected chi connectivity index (χ1v) is 9.00. The van der Waals surface area contributed by atoms with E-state index in [1.54, 1.807) is 0 Å². The van der Waals surface area contributed by atoms with Crippen molar-refractivity contribution < 1.29 is 0 Å². The van der Waals surface area contributed by atoms with E-state index >= 15 is 0 Å². The van der Waals surface area contributed by atoms with Crippen LogP contribution in [0.1, 0.15) is 34.6 Å². The SMILES string of the molecule is CCN(CC)c1ccc(N=C/C(C)=C2\C=CC(C)=C(C)S2)cc1. The van der Waals surface area contributed by atoms with Crippen molar-refractivity contribution in [1.29, 1.82) is 0 Å². The van der Waals surface area contributed by atoms with Crippen LogP contribution in [0.25, 0.3) is 0 Å². The maximum absolute atomic E-state index is 4.61. The van der Waals surface area contributed by atoms with Gasteiger partial charge in [-0.2, -0.15) is 0 Å². The molecule has 0 fully saturated rings. The van der Waals surface area contributed by atoms with E-state index in [0.29, 0.717) is 0 Å². The molecule has 2 rings (SSSR count). The zero-order valence-corrected chi connectivity index (χ0v) is 15.6. The minimum atomic E-state index is 0.995. The summed E-state index contributed by atoms with van der Waals surface area (Å²) in [5.74, 6) is 0. The molecular formula is C20H26N2S. The molecule has 2 nitrogen and oxygen atoms in total. The van der Waals surface area contributed by atoms with E-state index in [1.165, 1.54) is 26.6 Å². The zero-order valence-electron chi connectivity index (χ0n) is 14.8. The topological polar surface area (TPSA) is 15.6 Å². The van der Waals surface area contributed by atoms with Crippen LogP contribution in [0, 0.1) is 0 Å². The number of rotatable bonds is 5. The smallest absolute Gasteiger partial charge is 0.0631 e. The molecule has 1 heterocycles. The highest BCUT2D eigenvalue weighted by atomic mass is 32.2. The average Bonchev–Trinajstić information content (AvgIpc) is 2.57. The fourth-order valence-corrected chi connectivity index (χ4v) is 3.29. The van der Waals surface area contributed by atoms with Gasteiger partial charge in [-0.15, -0.1) is 0 Å². The van der Waals surface area contributed by atoms with Crippen molar-refractivity contribution in [1.82, 2.24) is 0 Å². The maximum atomic E-state index is 4.61. The van der Waals surface area contributed by atoms with Gasteiger partial charge in [-0.1, -0.05) is 17.8 Å². The molecule has 0 N–H and O–H groups in total. The van der Waals surface area contributed by atoms with Crippen molar-refractivity contribution in [2.75, 3.05) is 18.0 Å². The van der Waals surface area contributed by atoms with Crippen LogP contribution in [0.5, 0.6) is 0 Å². The predicted molar refractivity (Wildman–Crippen MR) is 106 cm³/mol. The van der Waals surface area contributed by atoms with Crippen LogP contribution in [0.4, 0.5) is 11.4 Å². The highest BCUT2D eigenvalue weighted by Gasteiger charge is 2.07. The van der Waals surface area contributed by atoms with Gasteiger partial charge in [0.25, 0.3) is 0 Å². The van der Waals surface area contributed by atoms with E-state index in [-0.39, 0.29) is 0 Å². The molecule has 0 radical (unpaired) electrons. The quantitative estimate of drug-likeness (QED) is 0.607. The molecule has 0 bridgehead atoms. The lowest BCUT2D eigenvalue weighted by Gasteiger charge is -2.20. The number of hydrogen-bond acceptors (Lipinski definition) is 3. The minimum Gasteiger partial charge on any atom is -0.372 e. The highest BCUT2D eigenvalue weighted by molar-refractivity contribution is 8.07. The summed E-state index contributed by atoms with van der Waals surface area (Å²) in [6.45, 7) is 12.8. The number of anilines is 1. The molecule has 0 amide bonds. The van der Waals surface area contributed by atoms with Gasteiger partial charge in [0, 0.05) is 29.9 Å². The molecule has 1 aromatic rings. The Morgan fingerprint density at radius 1 is 1.09 bits per heavy atom. The summed E-state index contributed by atoms with van der Waals surface area (Å²) in [5.41, 5.74) is 4.79. The molecule has 23 heavy (non-hydrogen) atoms. The average molecular weight is 327 g/mol. The van der Waals surface area contributed by atoms with Gasteiger partial charge >= 0.3 is 0 Å². The van der Waals surface area contributed by atoms with Crippen LogP contribution in [-0.4, -0.2) is 19.3 Å². The summed E-state index contributed by atoms with van der Waals surface area (Å²) in [7, 11) is 0. The van der Waals surface area contributed by atoms with Crippen LogP contribution in [0.3, 0.4) is 0 Å². The van der Waals surface area contributed by atoms with Crippen LogP contribution in [-0.2, 0) is 0 Å². The zero-order chi connectivity index (χ0) is 16.8. The molecule has 1 aliphatic rings. The minimum absolute atomic E-state index is 0.995. The normalized spacial score (nSPS) is 17.1. The molecule has 0 saturated carbocycles. The predicted octanol–water partition coefficient (Wildman–Crippen LogP) is 6.11. The Labute approximate surface area is 144 Å². The van der Waals surface area contributed by atoms with E-state index in [0.717, 1.165) is 18.8 Å². The van der Waals surface area contributed by atoms with Crippen molar-refractivity contribution in [3.63, 3.8) is 0 Å². The first kappa shape index (κ1) is 17.6. The van der Waals surface area contributed by atoms with Gasteiger partial charge < -0.3 is 4.90 Å². The summed E-state index contributed by atoms with van der Waals surface area (Å²) >= 11 is 1.82. The third-order valence-electron chi connectivity index (χ3n) is 4.08. The second-order valence-electron chi connectivity index (χ2n) is 5.67. The van der Waals surface area contributed by atoms with Gasteiger partial charge in [0.2, 0.25) is 0 Å². The van der Waals surface area contributed by atoms with Gasteiger partial charge in [0.1, 0.15) is 0 Å². The Morgan fingerprint density at radius 3 is 2.30 bits per heavy atom. The van der Waals surface area contributed by atoms with Crippen LogP contribution < -0.4 is 4.90 Å². The van der Waals surface area contributed by atoms with Crippen molar-refractivity contribution in [2.45, 2.75) is 34.6 Å². The Hall–Kier alpha value is -1.74. The van der Waals surface area contributed by atoms with E-state index in [1.807, 2.05) is 18.0 Å². The lowest BCUT2D eigenvalue weighted by molar-refractivity contribution is 0.866. The van der Waals surface area contributed by atoms with Crippen molar-refractivity contribution in [2.24, 2.45) is 4.99 Å². The Bertz CT molecular complexity index is 659. The third-order valence-corrected chi connectivity index (χ3v) is 5.38. The maximum Gasteiger partial charge on any atom is 0.0631 e. The number of hydrogen-bond donors (Lipinski definition) is 0. The van der Waals surface area contributed by atoms with Crippen LogP contribution in [0.2, 0.25) is 0 Å². The first-order chi connectivity index (χ1) is 11.0. The van der Waals surface area contributed by atoms with E-state index in [9.17, 15) is 0 Å². The number of allylic oxidation sites excluding steroid dienone is 5. The molecule has 1 aromatic carbocycles. The molecule has 0 aromatic heterocycles. The van der Waals surface area contributed by atoms with Gasteiger partial charge in [0.05, 0.1) is 5.69 Å². The van der Waals surface area contributed by atoms with Gasteiger partial charge in [-0.3, -0.25) is 4.99 Å². The fourth-order valence-electron chi connectivity index (χ4n) is 2.38. The van der Waals surface area contributed by atoms with Gasteiger partial charge in [0.15, 0.2) is 0 Å². The Morgan fingerprint density at radius 2 is 1.74 bits per heavy atom. The summed E-state index contributed by atoms with van der Waals surface area (Å²) in [6, 6.07) is 8.46. The molecule has 1 aliphatic heterocycles. The highest BCUT2D eigenvalue weighted by Crippen LogP contribution is 2.34. The summed E-state index contributed by atoms with van der Waals surface area (Å²) in [4.78, 5) is 9.58. The van der Waals surface area contributed by atoms with Crippen molar-refractivity contribution in [3.05, 3.63) is 57.4 Å². The fraction of sp³-hybridized carbons (Fsp3) is 0.350. The van der Waals surface area contributed by atoms with E-state index in [2.05, 4.69) is 80.9 Å². The second kappa shape index (κ2) is 8.21. The number of nitrogens with zero attached hydrogens (tertiary/aromatic N) is 2. The lowest BCUT2D eigenvalue weighted by Crippen LogP contribution is -2.21. The van der Waals surface area contributed by atoms with Gasteiger partial charge in [-0.25, -0.2) is 0 Å². The molecule has 122 valence electrons. The number of thioether (sulfide) groups is 1. The van der Waals surface area contributed by atoms with Crippen LogP contribution >= 0.6 is 11.8 Å². The molecule has 0 unspecified atom stereocenters. The monoisotopic (exact) mass is 326 g/mol. The molecule has 0 spiro atoms. The summed E-state index contributed by atoms with van der Waals surface area (Å²) in [6.07, 6.45) is 6.32. The number of aliphatic imine (C=N–C) groups is 1. The second-order valence-corrected chi connectivity index (χ2v) is 6.93. The molecule has 0 aliphatic carbocycles. The Kier molecular flexibility index (Phi) is 6.28. The van der Waals surface area contributed by atoms with E-state index < -0.39 is 0 Å². The molecule has 0 saturated heterocycles. The van der Waals surface area contributed by atoms with E-state index in [4.69, 9.17) is 0 Å². The first-order valence-electron chi connectivity index (χ1n) is 8.18. The summed E-state index contributed by atoms with van der Waals surface area (Å²) in [5, 5.41) is 0. The number of benzene rings is 1. The molecule has 0 atom stereocenters. The standard InChI is InChI=1S/C20H26N2S/c1-6-22(7-2)19-11-9-18(10-12-19)21-14-16(4)20-13-8-15(3)17(5)23-20/h8-14H,6-7H2,1-5H3/b20-16+,21-14?. The Balaban J connectivity index is 2.10. The largest absolute Gasteiger partial charge is 0.372 e. The van der Waals surface area contributed by atoms with Crippen LogP contribution in [0.15, 0.2) is 62.4 Å². The van der Waals surface area contributed by atoms with Crippen molar-refractivity contribution >= 4 is 29.4 Å². The summed E-state index contributed by atoms with van der Waals surface area (Å²) < 4.78 is 0.